The fraction of sp³-hybridized carbons (Fsp3) is 0.588. The van der Waals surface area contributed by atoms with E-state index in [1.807, 2.05) is 74.5 Å². The number of carbonyl (C=O) groups is 2. The molecule has 2 unspecified atom stereocenters. The fourth-order valence-electron chi connectivity index (χ4n) is 4.51. The average Bonchev–Trinajstić information content (AvgIpc) is 3.30. The lowest BCUT2D eigenvalue weighted by molar-refractivity contribution is -0.140. The highest BCUT2D eigenvalue weighted by Crippen LogP contribution is 2.45. The third kappa shape index (κ3) is 9.80. The summed E-state index contributed by atoms with van der Waals surface area (Å²) in [5.74, 6) is -0.846. The SMILES string of the molecule is CC(C(=O)N1C(=O)OC[C@H]1Cc1ccccc1)C(C)(O[Si](C)(C)C(C)(C)C)c1ccccc1.CC(C)(C)[Si](C)(C)OS(=O)(=O)C(F)(F)F. The first-order chi connectivity index (χ1) is 21.6. The second-order valence-electron chi connectivity index (χ2n) is 15.4. The van der Waals surface area contributed by atoms with Crippen LogP contribution in [0, 0.1) is 5.92 Å². The van der Waals surface area contributed by atoms with E-state index < -0.39 is 54.9 Å². The van der Waals surface area contributed by atoms with Gasteiger partial charge >= 0.3 is 21.7 Å². The summed E-state index contributed by atoms with van der Waals surface area (Å²) in [7, 11) is -10.7. The minimum absolute atomic E-state index is 0.0335. The van der Waals surface area contributed by atoms with Crippen LogP contribution in [0.15, 0.2) is 60.7 Å². The number of nitrogens with zero attached hydrogens (tertiary/aromatic N) is 1. The molecule has 0 bridgehead atoms. The van der Waals surface area contributed by atoms with E-state index >= 15 is 0 Å². The molecule has 8 nitrogen and oxygen atoms in total. The van der Waals surface area contributed by atoms with Crippen molar-refractivity contribution in [2.45, 2.75) is 115 Å². The van der Waals surface area contributed by atoms with E-state index in [9.17, 15) is 31.2 Å². The molecular formula is C34H52F3NO7SSi2. The van der Waals surface area contributed by atoms with Crippen molar-refractivity contribution in [3.05, 3.63) is 71.8 Å². The van der Waals surface area contributed by atoms with E-state index in [1.54, 1.807) is 20.8 Å². The minimum Gasteiger partial charge on any atom is -0.447 e. The summed E-state index contributed by atoms with van der Waals surface area (Å²) in [5, 5.41) is -0.625. The van der Waals surface area contributed by atoms with Crippen LogP contribution in [0.25, 0.3) is 0 Å². The standard InChI is InChI=1S/C27H37NO4Si.C7H15F3O3SSi/c1-20(24(29)28-23(19-31-25(28)30)18-21-14-10-8-11-15-21)27(5,22-16-12-9-13-17-22)32-33(6,7)26(2,3)4;1-6(2,3)15(4,5)13-14(11,12)7(8,9)10/h8-17,20,23H,18-19H2,1-7H3;1-5H3/t20?,23-,27?;/m1./s1. The van der Waals surface area contributed by atoms with E-state index in [0.29, 0.717) is 6.42 Å². The molecule has 0 N–H and O–H groups in total. The lowest BCUT2D eigenvalue weighted by Crippen LogP contribution is -2.54. The number of ether oxygens (including phenoxy) is 1. The van der Waals surface area contributed by atoms with Gasteiger partial charge in [-0.1, -0.05) is 109 Å². The number of benzene rings is 2. The van der Waals surface area contributed by atoms with Gasteiger partial charge in [0.15, 0.2) is 8.32 Å². The van der Waals surface area contributed by atoms with Gasteiger partial charge in [-0.15, -0.1) is 0 Å². The van der Waals surface area contributed by atoms with Crippen molar-refractivity contribution in [1.29, 1.82) is 0 Å². The number of alkyl halides is 3. The zero-order valence-corrected chi connectivity index (χ0v) is 33.0. The molecule has 0 saturated carbocycles. The predicted octanol–water partition coefficient (Wildman–Crippen LogP) is 9.01. The first-order valence-electron chi connectivity index (χ1n) is 15.9. The van der Waals surface area contributed by atoms with Crippen LogP contribution in [0.4, 0.5) is 18.0 Å². The molecule has 14 heteroatoms. The summed E-state index contributed by atoms with van der Waals surface area (Å²) >= 11 is 0. The summed E-state index contributed by atoms with van der Waals surface area (Å²) in [4.78, 5) is 27.9. The summed E-state index contributed by atoms with van der Waals surface area (Å²) < 4.78 is 74.4. The van der Waals surface area contributed by atoms with Crippen molar-refractivity contribution >= 4 is 38.8 Å². The highest BCUT2D eigenvalue weighted by Gasteiger charge is 2.53. The Labute approximate surface area is 286 Å². The van der Waals surface area contributed by atoms with E-state index in [1.165, 1.54) is 18.0 Å². The maximum Gasteiger partial charge on any atom is 0.522 e. The smallest absolute Gasteiger partial charge is 0.447 e. The Morgan fingerprint density at radius 1 is 0.875 bits per heavy atom. The third-order valence-corrected chi connectivity index (χ3v) is 21.0. The van der Waals surface area contributed by atoms with Crippen LogP contribution in [0.2, 0.25) is 36.3 Å². The van der Waals surface area contributed by atoms with Crippen molar-refractivity contribution in [1.82, 2.24) is 4.90 Å². The Bertz CT molecular complexity index is 1510. The van der Waals surface area contributed by atoms with Gasteiger partial charge in [0.05, 0.1) is 17.6 Å². The Morgan fingerprint density at radius 3 is 1.77 bits per heavy atom. The molecule has 1 heterocycles. The zero-order valence-electron chi connectivity index (χ0n) is 30.2. The van der Waals surface area contributed by atoms with Crippen LogP contribution in [0.1, 0.15) is 66.5 Å². The second kappa shape index (κ2) is 14.8. The normalized spacial score (nSPS) is 18.4. The van der Waals surface area contributed by atoms with Crippen LogP contribution in [0.3, 0.4) is 0 Å². The maximum atomic E-state index is 13.9. The maximum absolute atomic E-state index is 13.9. The van der Waals surface area contributed by atoms with Crippen molar-refractivity contribution in [3.8, 4) is 0 Å². The summed E-state index contributed by atoms with van der Waals surface area (Å²) in [6.07, 6.45) is -0.00794. The van der Waals surface area contributed by atoms with Crippen molar-refractivity contribution in [2.75, 3.05) is 6.61 Å². The summed E-state index contributed by atoms with van der Waals surface area (Å²) in [6.45, 7) is 22.8. The molecule has 2 amide bonds. The van der Waals surface area contributed by atoms with E-state index in [4.69, 9.17) is 9.16 Å². The molecule has 2 aromatic carbocycles. The lowest BCUT2D eigenvalue weighted by atomic mass is 9.83. The number of halogens is 3. The van der Waals surface area contributed by atoms with Gasteiger partial charge in [0.25, 0.3) is 0 Å². The first-order valence-corrected chi connectivity index (χ1v) is 23.1. The monoisotopic (exact) mass is 731 g/mol. The Hall–Kier alpha value is -2.53. The molecule has 2 aromatic rings. The van der Waals surface area contributed by atoms with Crippen LogP contribution < -0.4 is 0 Å². The van der Waals surface area contributed by atoms with Gasteiger partial charge < -0.3 is 13.0 Å². The molecule has 0 aliphatic carbocycles. The van der Waals surface area contributed by atoms with Gasteiger partial charge in [-0.05, 0) is 60.7 Å². The molecule has 0 radical (unpaired) electrons. The average molecular weight is 732 g/mol. The Balaban J connectivity index is 0.000000450. The largest absolute Gasteiger partial charge is 0.522 e. The van der Waals surface area contributed by atoms with E-state index in [-0.39, 0.29) is 23.6 Å². The molecule has 1 saturated heterocycles. The molecule has 3 rings (SSSR count). The lowest BCUT2D eigenvalue weighted by Gasteiger charge is -2.47. The second-order valence-corrected chi connectivity index (χ2v) is 26.7. The predicted molar refractivity (Wildman–Crippen MR) is 187 cm³/mol. The summed E-state index contributed by atoms with van der Waals surface area (Å²) in [5.41, 5.74) is -4.23. The molecule has 48 heavy (non-hydrogen) atoms. The first kappa shape index (κ1) is 41.6. The molecular weight excluding hydrogens is 680 g/mol. The van der Waals surface area contributed by atoms with Gasteiger partial charge in [0, 0.05) is 0 Å². The fourth-order valence-corrected chi connectivity index (χ4v) is 9.74. The number of cyclic esters (lactones) is 1. The number of hydrogen-bond donors (Lipinski definition) is 0. The molecule has 1 fully saturated rings. The molecule has 1 aliphatic rings. The van der Waals surface area contributed by atoms with Gasteiger partial charge in [0.1, 0.15) is 6.61 Å². The number of imide groups is 1. The molecule has 3 atom stereocenters. The number of amides is 2. The Kier molecular flexibility index (Phi) is 12.8. The highest BCUT2D eigenvalue weighted by atomic mass is 32.2. The van der Waals surface area contributed by atoms with Gasteiger partial charge in [-0.3, -0.25) is 4.79 Å². The van der Waals surface area contributed by atoms with Gasteiger partial charge in [0.2, 0.25) is 14.2 Å². The van der Waals surface area contributed by atoms with E-state index in [0.717, 1.165) is 11.1 Å². The zero-order chi connectivity index (χ0) is 37.1. The van der Waals surface area contributed by atoms with Crippen LogP contribution in [-0.4, -0.2) is 60.1 Å². The van der Waals surface area contributed by atoms with Crippen LogP contribution in [-0.2, 0) is 40.0 Å². The third-order valence-electron chi connectivity index (χ3n) is 9.74. The Morgan fingerprint density at radius 2 is 1.33 bits per heavy atom. The van der Waals surface area contributed by atoms with Crippen molar-refractivity contribution in [2.24, 2.45) is 5.92 Å². The number of carbonyl (C=O) groups excluding carboxylic acids is 2. The number of rotatable bonds is 9. The van der Waals surface area contributed by atoms with Crippen LogP contribution >= 0.6 is 0 Å². The van der Waals surface area contributed by atoms with Gasteiger partial charge in [-0.25, -0.2) is 9.69 Å². The van der Waals surface area contributed by atoms with Crippen LogP contribution in [0.5, 0.6) is 0 Å². The molecule has 270 valence electrons. The molecule has 0 aromatic heterocycles. The molecule has 1 aliphatic heterocycles. The van der Waals surface area contributed by atoms with Crippen molar-refractivity contribution in [3.63, 3.8) is 0 Å². The summed E-state index contributed by atoms with van der Waals surface area (Å²) in [6, 6.07) is 19.4. The van der Waals surface area contributed by atoms with Gasteiger partial charge in [-0.2, -0.15) is 21.6 Å². The minimum atomic E-state index is -5.48. The highest BCUT2D eigenvalue weighted by molar-refractivity contribution is 7.88. The topological polar surface area (TPSA) is 99.2 Å². The van der Waals surface area contributed by atoms with E-state index in [2.05, 4.69) is 37.7 Å². The quantitative estimate of drug-likeness (QED) is 0.188. The number of hydrogen-bond acceptors (Lipinski definition) is 7. The van der Waals surface area contributed by atoms with Crippen molar-refractivity contribution < 1.29 is 44.2 Å². The molecule has 0 spiro atoms.